The summed E-state index contributed by atoms with van der Waals surface area (Å²) in [5, 5.41) is 9.83. The van der Waals surface area contributed by atoms with Gasteiger partial charge in [-0.3, -0.25) is 0 Å². The molecule has 5 nitrogen and oxygen atoms in total. The van der Waals surface area contributed by atoms with Gasteiger partial charge < -0.3 is 19.3 Å². The van der Waals surface area contributed by atoms with Crippen molar-refractivity contribution in [1.82, 2.24) is 0 Å². The molecule has 1 unspecified atom stereocenters. The highest BCUT2D eigenvalue weighted by atomic mass is 19.1. The van der Waals surface area contributed by atoms with Crippen LogP contribution < -0.4 is 0 Å². The quantitative estimate of drug-likeness (QED) is 0.747. The number of carbonyl (C=O) groups is 1. The molecule has 1 saturated heterocycles. The van der Waals surface area contributed by atoms with Gasteiger partial charge in [-0.15, -0.1) is 0 Å². The zero-order valence-corrected chi connectivity index (χ0v) is 10.5. The molecule has 0 amide bonds. The summed E-state index contributed by atoms with van der Waals surface area (Å²) in [6.07, 6.45) is -2.51. The zero-order valence-electron chi connectivity index (χ0n) is 10.5. The van der Waals surface area contributed by atoms with Crippen molar-refractivity contribution in [3.05, 3.63) is 0 Å². The Kier molecular flexibility index (Phi) is 4.11. The van der Waals surface area contributed by atoms with Gasteiger partial charge in [0, 0.05) is 0 Å². The summed E-state index contributed by atoms with van der Waals surface area (Å²) >= 11 is 0. The first-order valence-corrected chi connectivity index (χ1v) is 5.56. The van der Waals surface area contributed by atoms with Crippen LogP contribution in [0.1, 0.15) is 27.7 Å². The number of alkyl halides is 1. The number of aliphatic hydroxyl groups excluding tert-OH is 1. The molecule has 0 aromatic rings. The molecule has 1 rings (SSSR count). The van der Waals surface area contributed by atoms with E-state index in [1.54, 1.807) is 20.8 Å². The van der Waals surface area contributed by atoms with Gasteiger partial charge in [0.2, 0.25) is 5.67 Å². The van der Waals surface area contributed by atoms with Gasteiger partial charge >= 0.3 is 5.97 Å². The molecule has 0 aromatic carbocycles. The maximum Gasteiger partial charge on any atom is 0.346 e. The summed E-state index contributed by atoms with van der Waals surface area (Å²) in [6.45, 7) is 5.94. The minimum Gasteiger partial charge on any atom is -0.464 e. The number of hydrogen-bond donors (Lipinski definition) is 1. The molecule has 3 atom stereocenters. The van der Waals surface area contributed by atoms with E-state index in [0.717, 1.165) is 6.92 Å². The van der Waals surface area contributed by atoms with Crippen LogP contribution in [0.15, 0.2) is 0 Å². The molecule has 0 aliphatic carbocycles. The maximum absolute atomic E-state index is 14.1. The molecular weight excluding hydrogens is 231 g/mol. The second-order valence-electron chi connectivity index (χ2n) is 4.61. The highest BCUT2D eigenvalue weighted by Gasteiger charge is 2.50. The Hall–Kier alpha value is -0.720. The van der Waals surface area contributed by atoms with E-state index < -0.39 is 29.6 Å². The largest absolute Gasteiger partial charge is 0.464 e. The van der Waals surface area contributed by atoms with Crippen molar-refractivity contribution < 1.29 is 28.5 Å². The average Bonchev–Trinajstić information content (AvgIpc) is 2.58. The monoisotopic (exact) mass is 250 g/mol. The second kappa shape index (κ2) is 4.88. The Morgan fingerprint density at radius 2 is 2.29 bits per heavy atom. The highest BCUT2D eigenvalue weighted by molar-refractivity contribution is 5.79. The van der Waals surface area contributed by atoms with Crippen molar-refractivity contribution in [2.75, 3.05) is 13.2 Å². The zero-order chi connectivity index (χ0) is 13.3. The molecule has 0 spiro atoms. The summed E-state index contributed by atoms with van der Waals surface area (Å²) in [6, 6.07) is 0. The molecule has 0 radical (unpaired) electrons. The number of ether oxygens (including phenoxy) is 3. The Morgan fingerprint density at radius 3 is 2.71 bits per heavy atom. The lowest BCUT2D eigenvalue weighted by atomic mass is 9.97. The summed E-state index contributed by atoms with van der Waals surface area (Å²) in [7, 11) is 0. The number of hydrogen-bond acceptors (Lipinski definition) is 5. The number of halogens is 1. The van der Waals surface area contributed by atoms with E-state index in [4.69, 9.17) is 9.47 Å². The third-order valence-corrected chi connectivity index (χ3v) is 2.61. The minimum absolute atomic E-state index is 0.0348. The van der Waals surface area contributed by atoms with Gasteiger partial charge in [-0.1, -0.05) is 0 Å². The van der Waals surface area contributed by atoms with E-state index in [9.17, 15) is 14.3 Å². The third-order valence-electron chi connectivity index (χ3n) is 2.61. The molecule has 1 heterocycles. The minimum atomic E-state index is -2.51. The van der Waals surface area contributed by atoms with Crippen LogP contribution in [0, 0.1) is 0 Å². The van der Waals surface area contributed by atoms with Crippen LogP contribution in [0.5, 0.6) is 0 Å². The summed E-state index contributed by atoms with van der Waals surface area (Å²) in [5.74, 6) is -1.98. The van der Waals surface area contributed by atoms with Crippen molar-refractivity contribution in [2.24, 2.45) is 0 Å². The number of rotatable bonds is 4. The summed E-state index contributed by atoms with van der Waals surface area (Å²) in [5.41, 5.74) is -2.51. The van der Waals surface area contributed by atoms with E-state index in [-0.39, 0.29) is 13.2 Å². The van der Waals surface area contributed by atoms with Gasteiger partial charge in [-0.2, -0.15) is 0 Å². The molecule has 100 valence electrons. The van der Waals surface area contributed by atoms with Gasteiger partial charge in [0.25, 0.3) is 0 Å². The fourth-order valence-corrected chi connectivity index (χ4v) is 1.61. The lowest BCUT2D eigenvalue weighted by Crippen LogP contribution is -2.51. The van der Waals surface area contributed by atoms with Crippen molar-refractivity contribution in [1.29, 1.82) is 0 Å². The van der Waals surface area contributed by atoms with Gasteiger partial charge in [0.05, 0.1) is 13.2 Å². The van der Waals surface area contributed by atoms with Crippen LogP contribution in [0.25, 0.3) is 0 Å². The van der Waals surface area contributed by atoms with Crippen LogP contribution in [0.2, 0.25) is 0 Å². The number of aliphatic hydroxyl groups is 1. The maximum atomic E-state index is 14.1. The molecule has 1 N–H and O–H groups in total. The normalized spacial score (nSPS) is 28.5. The lowest BCUT2D eigenvalue weighted by molar-refractivity contribution is -0.183. The molecule has 0 aromatic heterocycles. The van der Waals surface area contributed by atoms with Crippen molar-refractivity contribution in [3.63, 3.8) is 0 Å². The average molecular weight is 250 g/mol. The van der Waals surface area contributed by atoms with Gasteiger partial charge in [0.15, 0.2) is 5.79 Å². The standard InChI is InChI=1S/C11H19FO5/c1-5-15-9(14)11(4,12)8(13)7-6-16-10(2,3)17-7/h7-8,13H,5-6H2,1-4H3/t7-,8+,11?/m1/s1. The van der Waals surface area contributed by atoms with Crippen LogP contribution in [0.4, 0.5) is 4.39 Å². The van der Waals surface area contributed by atoms with Crippen LogP contribution >= 0.6 is 0 Å². The van der Waals surface area contributed by atoms with Crippen LogP contribution in [-0.2, 0) is 19.0 Å². The fraction of sp³-hybridized carbons (Fsp3) is 0.909. The van der Waals surface area contributed by atoms with Crippen molar-refractivity contribution in [3.8, 4) is 0 Å². The number of carbonyl (C=O) groups excluding carboxylic acids is 1. The second-order valence-corrected chi connectivity index (χ2v) is 4.61. The number of esters is 1. The first-order chi connectivity index (χ1) is 7.70. The van der Waals surface area contributed by atoms with E-state index in [1.807, 2.05) is 0 Å². The van der Waals surface area contributed by atoms with Crippen LogP contribution in [-0.4, -0.2) is 48.0 Å². The predicted molar refractivity (Wildman–Crippen MR) is 57.1 cm³/mol. The molecule has 1 fully saturated rings. The lowest BCUT2D eigenvalue weighted by Gasteiger charge is -2.28. The molecule has 0 saturated carbocycles. The SMILES string of the molecule is CCOC(=O)C(C)(F)[C@@H](O)[C@H]1COC(C)(C)O1. The summed E-state index contributed by atoms with van der Waals surface area (Å²) in [4.78, 5) is 11.4. The molecular formula is C11H19FO5. The first kappa shape index (κ1) is 14.3. The predicted octanol–water partition coefficient (Wildman–Crippen LogP) is 0.790. The van der Waals surface area contributed by atoms with E-state index in [1.165, 1.54) is 0 Å². The Balaban J connectivity index is 2.69. The van der Waals surface area contributed by atoms with E-state index in [2.05, 4.69) is 4.74 Å². The Labute approximate surface area is 99.8 Å². The molecule has 17 heavy (non-hydrogen) atoms. The van der Waals surface area contributed by atoms with Gasteiger partial charge in [-0.25, -0.2) is 9.18 Å². The highest BCUT2D eigenvalue weighted by Crippen LogP contribution is 2.30. The van der Waals surface area contributed by atoms with Crippen molar-refractivity contribution >= 4 is 5.97 Å². The fourth-order valence-electron chi connectivity index (χ4n) is 1.61. The topological polar surface area (TPSA) is 65.0 Å². The molecule has 1 aliphatic heterocycles. The summed E-state index contributed by atoms with van der Waals surface area (Å²) < 4.78 is 29.2. The Bertz CT molecular complexity index is 290. The van der Waals surface area contributed by atoms with Gasteiger partial charge in [0.1, 0.15) is 12.2 Å². The molecule has 1 aliphatic rings. The molecule has 0 bridgehead atoms. The van der Waals surface area contributed by atoms with Crippen molar-refractivity contribution in [2.45, 2.75) is 51.4 Å². The molecule has 6 heteroatoms. The van der Waals surface area contributed by atoms with E-state index in [0.29, 0.717) is 0 Å². The third kappa shape index (κ3) is 3.14. The van der Waals surface area contributed by atoms with Gasteiger partial charge in [-0.05, 0) is 27.7 Å². The van der Waals surface area contributed by atoms with Crippen LogP contribution in [0.3, 0.4) is 0 Å². The smallest absolute Gasteiger partial charge is 0.346 e. The Morgan fingerprint density at radius 1 is 1.71 bits per heavy atom. The first-order valence-electron chi connectivity index (χ1n) is 5.56. The van der Waals surface area contributed by atoms with E-state index >= 15 is 0 Å².